The van der Waals surface area contributed by atoms with Crippen LogP contribution in [0.25, 0.3) is 0 Å². The molecule has 5 rings (SSSR count). The molecule has 2 aromatic carbocycles. The highest BCUT2D eigenvalue weighted by molar-refractivity contribution is 7.91. The number of anilines is 1. The smallest absolute Gasteiger partial charge is 0.347 e. The second kappa shape index (κ2) is 9.46. The van der Waals surface area contributed by atoms with E-state index in [0.29, 0.717) is 5.56 Å². The minimum absolute atomic E-state index is 0.168. The number of sulfonamides is 1. The van der Waals surface area contributed by atoms with E-state index in [-0.39, 0.29) is 22.4 Å². The zero-order valence-electron chi connectivity index (χ0n) is 19.5. The van der Waals surface area contributed by atoms with Gasteiger partial charge < -0.3 is 10.6 Å². The van der Waals surface area contributed by atoms with Crippen molar-refractivity contribution in [2.45, 2.75) is 56.0 Å². The third-order valence-corrected chi connectivity index (χ3v) is 8.63. The van der Waals surface area contributed by atoms with E-state index in [1.165, 1.54) is 0 Å². The van der Waals surface area contributed by atoms with Gasteiger partial charge in [-0.15, -0.1) is 0 Å². The number of halogens is 3. The second-order valence-corrected chi connectivity index (χ2v) is 11.6. The van der Waals surface area contributed by atoms with Gasteiger partial charge in [-0.1, -0.05) is 30.3 Å². The van der Waals surface area contributed by atoms with Gasteiger partial charge in [0.15, 0.2) is 0 Å². The Morgan fingerprint density at radius 3 is 2.17 bits per heavy atom. The minimum atomic E-state index is -4.67. The molecule has 2 bridgehead atoms. The van der Waals surface area contributed by atoms with Gasteiger partial charge in [0.1, 0.15) is 0 Å². The minimum Gasteiger partial charge on any atom is -0.347 e. The molecule has 3 aliphatic rings. The SMILES string of the molecule is CNCC12CCC(NC(=O)c3cc(C(F)(F)F)ccc3NS(=O)(=O)Cc3ccccc3)(CC1)CC2. The summed E-state index contributed by atoms with van der Waals surface area (Å²) in [6, 6.07) is 10.9. The molecule has 0 heterocycles. The quantitative estimate of drug-likeness (QED) is 0.482. The summed E-state index contributed by atoms with van der Waals surface area (Å²) in [6.45, 7) is 0.901. The van der Waals surface area contributed by atoms with Crippen molar-refractivity contribution in [2.24, 2.45) is 5.41 Å². The van der Waals surface area contributed by atoms with Crippen LogP contribution in [0.4, 0.5) is 18.9 Å². The molecule has 3 saturated carbocycles. The monoisotopic (exact) mass is 509 g/mol. The van der Waals surface area contributed by atoms with Crippen LogP contribution in [0.1, 0.15) is 60.0 Å². The van der Waals surface area contributed by atoms with Crippen LogP contribution in [0, 0.1) is 5.41 Å². The van der Waals surface area contributed by atoms with Gasteiger partial charge in [0.05, 0.1) is 22.6 Å². The van der Waals surface area contributed by atoms with Crippen LogP contribution in [-0.4, -0.2) is 33.5 Å². The third-order valence-electron chi connectivity index (χ3n) is 7.39. The average Bonchev–Trinajstić information content (AvgIpc) is 2.80. The molecule has 1 amide bonds. The van der Waals surface area contributed by atoms with Crippen LogP contribution in [-0.2, 0) is 22.0 Å². The summed E-state index contributed by atoms with van der Waals surface area (Å²) in [6.07, 6.45) is 0.336. The van der Waals surface area contributed by atoms with Crippen LogP contribution in [0.2, 0.25) is 0 Å². The Hall–Kier alpha value is -2.59. The Labute approximate surface area is 203 Å². The highest BCUT2D eigenvalue weighted by Crippen LogP contribution is 2.52. The average molecular weight is 510 g/mol. The van der Waals surface area contributed by atoms with Crippen LogP contribution in [0.3, 0.4) is 0 Å². The molecule has 190 valence electrons. The number of hydrogen-bond donors (Lipinski definition) is 3. The van der Waals surface area contributed by atoms with Crippen LogP contribution >= 0.6 is 0 Å². The fraction of sp³-hybridized carbons (Fsp3) is 0.480. The zero-order chi connectivity index (χ0) is 25.3. The Balaban J connectivity index is 1.58. The number of hydrogen-bond acceptors (Lipinski definition) is 4. The van der Waals surface area contributed by atoms with Crippen molar-refractivity contribution >= 4 is 21.6 Å². The molecular formula is C25H30F3N3O3S. The Morgan fingerprint density at radius 2 is 1.60 bits per heavy atom. The summed E-state index contributed by atoms with van der Waals surface area (Å²) in [4.78, 5) is 13.3. The molecule has 35 heavy (non-hydrogen) atoms. The van der Waals surface area contributed by atoms with E-state index < -0.39 is 33.2 Å². The van der Waals surface area contributed by atoms with E-state index in [2.05, 4.69) is 15.4 Å². The third kappa shape index (κ3) is 5.81. The molecule has 10 heteroatoms. The number of benzene rings is 2. The lowest BCUT2D eigenvalue weighted by Gasteiger charge is -2.53. The fourth-order valence-corrected chi connectivity index (χ4v) is 6.61. The first-order valence-electron chi connectivity index (χ1n) is 11.7. The molecule has 3 fully saturated rings. The lowest BCUT2D eigenvalue weighted by molar-refractivity contribution is -0.137. The number of carbonyl (C=O) groups excluding carboxylic acids is 1. The highest BCUT2D eigenvalue weighted by Gasteiger charge is 2.49. The van der Waals surface area contributed by atoms with E-state index in [1.807, 2.05) is 7.05 Å². The molecular weight excluding hydrogens is 479 g/mol. The van der Waals surface area contributed by atoms with E-state index in [4.69, 9.17) is 0 Å². The molecule has 0 spiro atoms. The van der Waals surface area contributed by atoms with Crippen molar-refractivity contribution < 1.29 is 26.4 Å². The summed E-state index contributed by atoms with van der Waals surface area (Å²) >= 11 is 0. The first kappa shape index (κ1) is 25.5. The largest absolute Gasteiger partial charge is 0.416 e. The van der Waals surface area contributed by atoms with Gasteiger partial charge in [0.2, 0.25) is 10.0 Å². The summed E-state index contributed by atoms with van der Waals surface area (Å²) in [5, 5.41) is 6.23. The van der Waals surface area contributed by atoms with Crippen LogP contribution in [0.15, 0.2) is 48.5 Å². The maximum atomic E-state index is 13.4. The lowest BCUT2D eigenvalue weighted by Crippen LogP contribution is -2.58. The topological polar surface area (TPSA) is 87.3 Å². The van der Waals surface area contributed by atoms with Crippen LogP contribution in [0.5, 0.6) is 0 Å². The molecule has 6 nitrogen and oxygen atoms in total. The molecule has 0 radical (unpaired) electrons. The predicted octanol–water partition coefficient (Wildman–Crippen LogP) is 4.69. The highest BCUT2D eigenvalue weighted by atomic mass is 32.2. The number of fused-ring (bicyclic) bond motifs is 3. The van der Waals surface area contributed by atoms with Crippen molar-refractivity contribution in [1.82, 2.24) is 10.6 Å². The number of nitrogens with one attached hydrogen (secondary N) is 3. The van der Waals surface area contributed by atoms with Gasteiger partial charge in [-0.2, -0.15) is 13.2 Å². The second-order valence-electron chi connectivity index (χ2n) is 9.87. The Kier molecular flexibility index (Phi) is 6.89. The summed E-state index contributed by atoms with van der Waals surface area (Å²) in [7, 11) is -2.05. The first-order chi connectivity index (χ1) is 16.4. The summed E-state index contributed by atoms with van der Waals surface area (Å²) in [5.41, 5.74) is -1.27. The number of carbonyl (C=O) groups is 1. The molecule has 0 unspecified atom stereocenters. The number of alkyl halides is 3. The van der Waals surface area contributed by atoms with Gasteiger partial charge in [-0.05, 0) is 74.8 Å². The standard InChI is InChI=1S/C25H30F3N3O3S/c1-29-17-23-9-12-24(13-10-23,14-11-23)30-22(32)20-15-19(25(26,27)28)7-8-21(20)31-35(33,34)16-18-5-3-2-4-6-18/h2-8,15,29,31H,9-14,16-17H2,1H3,(H,30,32). The van der Waals surface area contributed by atoms with Crippen molar-refractivity contribution in [3.8, 4) is 0 Å². The van der Waals surface area contributed by atoms with Crippen molar-refractivity contribution in [1.29, 1.82) is 0 Å². The van der Waals surface area contributed by atoms with Crippen molar-refractivity contribution in [3.63, 3.8) is 0 Å². The molecule has 0 aromatic heterocycles. The van der Waals surface area contributed by atoms with E-state index in [1.54, 1.807) is 30.3 Å². The maximum Gasteiger partial charge on any atom is 0.416 e. The van der Waals surface area contributed by atoms with Crippen molar-refractivity contribution in [3.05, 3.63) is 65.2 Å². The van der Waals surface area contributed by atoms with E-state index in [0.717, 1.165) is 63.3 Å². The van der Waals surface area contributed by atoms with Gasteiger partial charge in [-0.25, -0.2) is 8.42 Å². The van der Waals surface area contributed by atoms with Gasteiger partial charge >= 0.3 is 6.18 Å². The predicted molar refractivity (Wildman–Crippen MR) is 128 cm³/mol. The van der Waals surface area contributed by atoms with E-state index >= 15 is 0 Å². The van der Waals surface area contributed by atoms with E-state index in [9.17, 15) is 26.4 Å². The zero-order valence-corrected chi connectivity index (χ0v) is 20.4. The molecule has 3 N–H and O–H groups in total. The summed E-state index contributed by atoms with van der Waals surface area (Å²) in [5.74, 6) is -1.07. The molecule has 3 aliphatic carbocycles. The van der Waals surface area contributed by atoms with Gasteiger partial charge in [0.25, 0.3) is 5.91 Å². The fourth-order valence-electron chi connectivity index (χ4n) is 5.39. The van der Waals surface area contributed by atoms with Crippen molar-refractivity contribution in [2.75, 3.05) is 18.3 Å². The Morgan fingerprint density at radius 1 is 0.971 bits per heavy atom. The molecule has 0 atom stereocenters. The number of rotatable bonds is 8. The molecule has 0 saturated heterocycles. The van der Waals surface area contributed by atoms with Gasteiger partial charge in [0, 0.05) is 12.1 Å². The Bertz CT molecular complexity index is 1160. The molecule has 2 aromatic rings. The van der Waals surface area contributed by atoms with Gasteiger partial charge in [-0.3, -0.25) is 9.52 Å². The maximum absolute atomic E-state index is 13.4. The molecule has 0 aliphatic heterocycles. The summed E-state index contributed by atoms with van der Waals surface area (Å²) < 4.78 is 68.2. The first-order valence-corrected chi connectivity index (χ1v) is 13.3. The van der Waals surface area contributed by atoms with Crippen LogP contribution < -0.4 is 15.4 Å². The number of amides is 1. The normalized spacial score (nSPS) is 24.2. The lowest BCUT2D eigenvalue weighted by atomic mass is 9.57.